The zero-order chi connectivity index (χ0) is 15.4. The Morgan fingerprint density at radius 2 is 1.81 bits per heavy atom. The van der Waals surface area contributed by atoms with Gasteiger partial charge in [0.25, 0.3) is 5.91 Å². The molecule has 0 saturated carbocycles. The van der Waals surface area contributed by atoms with Gasteiger partial charge in [0.05, 0.1) is 29.9 Å². The highest BCUT2D eigenvalue weighted by molar-refractivity contribution is 9.10. The highest BCUT2D eigenvalue weighted by atomic mass is 79.9. The first-order chi connectivity index (χ1) is 10.0. The fourth-order valence-electron chi connectivity index (χ4n) is 1.69. The Kier molecular flexibility index (Phi) is 5.19. The highest BCUT2D eigenvalue weighted by Gasteiger charge is 2.14. The number of carbonyl (C=O) groups excluding carboxylic acids is 1. The van der Waals surface area contributed by atoms with Crippen molar-refractivity contribution in [2.24, 2.45) is 0 Å². The van der Waals surface area contributed by atoms with E-state index in [0.717, 1.165) is 8.95 Å². The van der Waals surface area contributed by atoms with Crippen LogP contribution in [-0.4, -0.2) is 25.1 Å². The van der Waals surface area contributed by atoms with Gasteiger partial charge in [-0.3, -0.25) is 9.78 Å². The zero-order valence-corrected chi connectivity index (χ0v) is 14.5. The smallest absolute Gasteiger partial charge is 0.257 e. The van der Waals surface area contributed by atoms with Gasteiger partial charge >= 0.3 is 0 Å². The SMILES string of the molecule is COc1cc(NC(=O)c2cncc(Br)c2)c(OC)cc1Br. The van der Waals surface area contributed by atoms with Gasteiger partial charge in [-0.05, 0) is 37.9 Å². The number of amides is 1. The number of carbonyl (C=O) groups is 1. The summed E-state index contributed by atoms with van der Waals surface area (Å²) < 4.78 is 12.0. The molecule has 0 fully saturated rings. The lowest BCUT2D eigenvalue weighted by molar-refractivity contribution is 0.102. The minimum Gasteiger partial charge on any atom is -0.495 e. The van der Waals surface area contributed by atoms with Crippen molar-refractivity contribution in [3.8, 4) is 11.5 Å². The van der Waals surface area contributed by atoms with Crippen LogP contribution in [0.5, 0.6) is 11.5 Å². The number of methoxy groups -OCH3 is 2. The fraction of sp³-hybridized carbons (Fsp3) is 0.143. The zero-order valence-electron chi connectivity index (χ0n) is 11.3. The quantitative estimate of drug-likeness (QED) is 0.823. The maximum Gasteiger partial charge on any atom is 0.257 e. The van der Waals surface area contributed by atoms with Crippen LogP contribution in [0.1, 0.15) is 10.4 Å². The fourth-order valence-corrected chi connectivity index (χ4v) is 2.54. The first-order valence-electron chi connectivity index (χ1n) is 5.88. The summed E-state index contributed by atoms with van der Waals surface area (Å²) in [5, 5.41) is 2.78. The molecule has 1 amide bonds. The molecule has 0 aliphatic carbocycles. The van der Waals surface area contributed by atoms with Crippen molar-refractivity contribution in [2.45, 2.75) is 0 Å². The Balaban J connectivity index is 2.32. The molecule has 1 aromatic heterocycles. The summed E-state index contributed by atoms with van der Waals surface area (Å²) in [6.07, 6.45) is 3.10. The number of rotatable bonds is 4. The van der Waals surface area contributed by atoms with Crippen LogP contribution in [0.2, 0.25) is 0 Å². The van der Waals surface area contributed by atoms with Gasteiger partial charge in [-0.25, -0.2) is 0 Å². The number of aromatic nitrogens is 1. The minimum absolute atomic E-state index is 0.286. The van der Waals surface area contributed by atoms with Gasteiger partial charge in [-0.1, -0.05) is 0 Å². The van der Waals surface area contributed by atoms with Gasteiger partial charge in [-0.2, -0.15) is 0 Å². The lowest BCUT2D eigenvalue weighted by Crippen LogP contribution is -2.13. The van der Waals surface area contributed by atoms with Crippen LogP contribution in [0.4, 0.5) is 5.69 Å². The van der Waals surface area contributed by atoms with Gasteiger partial charge in [0.1, 0.15) is 11.5 Å². The second kappa shape index (κ2) is 6.91. The molecule has 0 radical (unpaired) electrons. The van der Waals surface area contributed by atoms with E-state index in [-0.39, 0.29) is 5.91 Å². The third-order valence-corrected chi connectivity index (χ3v) is 3.74. The second-order valence-electron chi connectivity index (χ2n) is 4.03. The first kappa shape index (κ1) is 15.8. The number of ether oxygens (including phenoxy) is 2. The predicted octanol–water partition coefficient (Wildman–Crippen LogP) is 3.88. The molecule has 0 spiro atoms. The van der Waals surface area contributed by atoms with Crippen molar-refractivity contribution in [2.75, 3.05) is 19.5 Å². The molecule has 1 heterocycles. The van der Waals surface area contributed by atoms with Crippen molar-refractivity contribution in [3.05, 3.63) is 45.1 Å². The Bertz CT molecular complexity index is 677. The summed E-state index contributed by atoms with van der Waals surface area (Å²) >= 11 is 6.65. The molecule has 1 N–H and O–H groups in total. The van der Waals surface area contributed by atoms with Crippen molar-refractivity contribution in [3.63, 3.8) is 0 Å². The molecule has 2 aromatic rings. The standard InChI is InChI=1S/C14H12Br2N2O3/c1-20-12-5-11(13(21-2)4-10(12)16)18-14(19)8-3-9(15)7-17-6-8/h3-7H,1-2H3,(H,18,19). The Morgan fingerprint density at radius 1 is 1.10 bits per heavy atom. The molecule has 0 unspecified atom stereocenters. The minimum atomic E-state index is -0.286. The summed E-state index contributed by atoms with van der Waals surface area (Å²) in [6, 6.07) is 5.10. The Hall–Kier alpha value is -1.60. The summed E-state index contributed by atoms with van der Waals surface area (Å²) in [4.78, 5) is 16.2. The third kappa shape index (κ3) is 3.74. The number of benzene rings is 1. The van der Waals surface area contributed by atoms with Crippen LogP contribution in [0, 0.1) is 0 Å². The lowest BCUT2D eigenvalue weighted by atomic mass is 10.2. The van der Waals surface area contributed by atoms with Crippen LogP contribution in [0.3, 0.4) is 0 Å². The predicted molar refractivity (Wildman–Crippen MR) is 87.1 cm³/mol. The van der Waals surface area contributed by atoms with E-state index in [1.54, 1.807) is 31.5 Å². The average Bonchev–Trinajstić information content (AvgIpc) is 2.48. The number of anilines is 1. The van der Waals surface area contributed by atoms with E-state index >= 15 is 0 Å². The third-order valence-electron chi connectivity index (χ3n) is 2.69. The van der Waals surface area contributed by atoms with Crippen LogP contribution in [0.25, 0.3) is 0 Å². The van der Waals surface area contributed by atoms with Gasteiger partial charge < -0.3 is 14.8 Å². The summed E-state index contributed by atoms with van der Waals surface area (Å²) in [6.45, 7) is 0. The number of hydrogen-bond donors (Lipinski definition) is 1. The van der Waals surface area contributed by atoms with E-state index in [4.69, 9.17) is 9.47 Å². The highest BCUT2D eigenvalue weighted by Crippen LogP contribution is 2.36. The summed E-state index contributed by atoms with van der Waals surface area (Å²) in [5.74, 6) is 0.837. The Labute approximate surface area is 138 Å². The topological polar surface area (TPSA) is 60.5 Å². The number of halogens is 2. The van der Waals surface area contributed by atoms with Crippen LogP contribution in [-0.2, 0) is 0 Å². The van der Waals surface area contributed by atoms with Gasteiger partial charge in [-0.15, -0.1) is 0 Å². The monoisotopic (exact) mass is 414 g/mol. The number of nitrogens with zero attached hydrogens (tertiary/aromatic N) is 1. The molecule has 5 nitrogen and oxygen atoms in total. The lowest BCUT2D eigenvalue weighted by Gasteiger charge is -2.13. The number of hydrogen-bond acceptors (Lipinski definition) is 4. The molecule has 0 aliphatic heterocycles. The van der Waals surface area contributed by atoms with Crippen LogP contribution >= 0.6 is 31.9 Å². The molecule has 110 valence electrons. The normalized spacial score (nSPS) is 10.1. The number of nitrogens with one attached hydrogen (secondary N) is 1. The van der Waals surface area contributed by atoms with Crippen molar-refractivity contribution < 1.29 is 14.3 Å². The van der Waals surface area contributed by atoms with E-state index in [1.807, 2.05) is 0 Å². The molecular weight excluding hydrogens is 404 g/mol. The van der Waals surface area contributed by atoms with Crippen molar-refractivity contribution >= 4 is 43.5 Å². The molecule has 0 atom stereocenters. The van der Waals surface area contributed by atoms with Crippen molar-refractivity contribution in [1.82, 2.24) is 4.98 Å². The van der Waals surface area contributed by atoms with Crippen LogP contribution < -0.4 is 14.8 Å². The van der Waals surface area contributed by atoms with E-state index in [1.165, 1.54) is 13.3 Å². The first-order valence-corrected chi connectivity index (χ1v) is 7.47. The van der Waals surface area contributed by atoms with Gasteiger partial charge in [0, 0.05) is 29.0 Å². The van der Waals surface area contributed by atoms with Gasteiger partial charge in [0.15, 0.2) is 0 Å². The summed E-state index contributed by atoms with van der Waals surface area (Å²) in [5.41, 5.74) is 0.954. The molecule has 1 aromatic carbocycles. The van der Waals surface area contributed by atoms with E-state index in [2.05, 4.69) is 42.2 Å². The second-order valence-corrected chi connectivity index (χ2v) is 5.80. The summed E-state index contributed by atoms with van der Waals surface area (Å²) in [7, 11) is 3.08. The van der Waals surface area contributed by atoms with Crippen LogP contribution in [0.15, 0.2) is 39.5 Å². The molecule has 0 saturated heterocycles. The molecule has 2 rings (SSSR count). The molecular formula is C14H12Br2N2O3. The van der Waals surface area contributed by atoms with E-state index in [9.17, 15) is 4.79 Å². The Morgan fingerprint density at radius 3 is 2.43 bits per heavy atom. The van der Waals surface area contributed by atoms with Gasteiger partial charge in [0.2, 0.25) is 0 Å². The van der Waals surface area contributed by atoms with E-state index < -0.39 is 0 Å². The average molecular weight is 416 g/mol. The largest absolute Gasteiger partial charge is 0.495 e. The maximum absolute atomic E-state index is 12.2. The molecule has 0 aliphatic rings. The maximum atomic E-state index is 12.2. The molecule has 0 bridgehead atoms. The molecule has 7 heteroatoms. The number of pyridine rings is 1. The van der Waals surface area contributed by atoms with Crippen molar-refractivity contribution in [1.29, 1.82) is 0 Å². The molecule has 21 heavy (non-hydrogen) atoms. The van der Waals surface area contributed by atoms with E-state index in [0.29, 0.717) is 22.7 Å².